The number of ether oxygens (including phenoxy) is 1. The molecule has 5 aromatic rings. The van der Waals surface area contributed by atoms with E-state index >= 15 is 0 Å². The molecule has 0 saturated heterocycles. The number of amides is 1. The van der Waals surface area contributed by atoms with Crippen molar-refractivity contribution in [1.29, 1.82) is 0 Å². The molecule has 0 radical (unpaired) electrons. The Kier molecular flexibility index (Phi) is 6.57. The average molecular weight is 501 g/mol. The quantitative estimate of drug-likeness (QED) is 0.235. The van der Waals surface area contributed by atoms with E-state index in [2.05, 4.69) is 14.8 Å². The first-order chi connectivity index (χ1) is 18.4. The Labute approximate surface area is 220 Å². The fourth-order valence-corrected chi connectivity index (χ4v) is 4.12. The molecule has 5 rings (SSSR count). The molecule has 1 amide bonds. The van der Waals surface area contributed by atoms with Crippen molar-refractivity contribution in [3.05, 3.63) is 114 Å². The second-order valence-corrected chi connectivity index (χ2v) is 8.75. The summed E-state index contributed by atoms with van der Waals surface area (Å²) in [4.78, 5) is 25.9. The van der Waals surface area contributed by atoms with Crippen LogP contribution >= 0.6 is 0 Å². The molecule has 38 heavy (non-hydrogen) atoms. The van der Waals surface area contributed by atoms with Gasteiger partial charge in [-0.2, -0.15) is 0 Å². The van der Waals surface area contributed by atoms with E-state index in [1.165, 1.54) is 11.2 Å². The first-order valence-corrected chi connectivity index (χ1v) is 11.8. The van der Waals surface area contributed by atoms with Crippen LogP contribution in [0.1, 0.15) is 5.56 Å². The van der Waals surface area contributed by atoms with Gasteiger partial charge in [-0.3, -0.25) is 4.79 Å². The number of likely N-dealkylation sites (N-methyl/N-ethyl adjacent to an activating group) is 1. The molecule has 0 spiro atoms. The molecule has 0 fully saturated rings. The Balaban J connectivity index is 1.55. The van der Waals surface area contributed by atoms with Crippen molar-refractivity contribution >= 4 is 28.8 Å². The van der Waals surface area contributed by atoms with E-state index in [0.717, 1.165) is 39.3 Å². The highest BCUT2D eigenvalue weighted by Crippen LogP contribution is 2.35. The summed E-state index contributed by atoms with van der Waals surface area (Å²) in [6.07, 6.45) is 4.98. The molecular formula is C30H24N6O2. The van der Waals surface area contributed by atoms with Gasteiger partial charge in [0.1, 0.15) is 23.6 Å². The Morgan fingerprint density at radius 1 is 1.00 bits per heavy atom. The van der Waals surface area contributed by atoms with Gasteiger partial charge in [0.2, 0.25) is 0 Å². The lowest BCUT2D eigenvalue weighted by atomic mass is 10.1. The summed E-state index contributed by atoms with van der Waals surface area (Å²) in [7, 11) is 3.24. The summed E-state index contributed by atoms with van der Waals surface area (Å²) in [5, 5.41) is 0.731. The van der Waals surface area contributed by atoms with Gasteiger partial charge < -0.3 is 19.9 Å². The molecule has 0 saturated carbocycles. The zero-order chi connectivity index (χ0) is 26.6. The van der Waals surface area contributed by atoms with Crippen LogP contribution in [0.4, 0.5) is 5.82 Å². The van der Waals surface area contributed by atoms with Gasteiger partial charge in [-0.05, 0) is 53.6 Å². The normalized spacial score (nSPS) is 11.2. The van der Waals surface area contributed by atoms with E-state index in [4.69, 9.17) is 17.0 Å². The van der Waals surface area contributed by atoms with Crippen molar-refractivity contribution in [2.24, 2.45) is 0 Å². The summed E-state index contributed by atoms with van der Waals surface area (Å²) in [6.45, 7) is 7.42. The SMILES string of the molecule is [C-]#[N+]/C(=C\c1cccc(-n2cc(-c3ccc(Oc4ccccc4)cc3)c3c(N)ncnc32)c1)C(=O)N(C)C. The van der Waals surface area contributed by atoms with Gasteiger partial charge >= 0.3 is 0 Å². The third-order valence-corrected chi connectivity index (χ3v) is 5.95. The van der Waals surface area contributed by atoms with Gasteiger partial charge in [0.05, 0.1) is 12.0 Å². The molecule has 0 aliphatic rings. The summed E-state index contributed by atoms with van der Waals surface area (Å²) < 4.78 is 7.86. The maximum atomic E-state index is 12.3. The highest BCUT2D eigenvalue weighted by Gasteiger charge is 2.17. The van der Waals surface area contributed by atoms with Gasteiger partial charge in [0, 0.05) is 31.5 Å². The number of para-hydroxylation sites is 1. The third kappa shape index (κ3) is 4.81. The van der Waals surface area contributed by atoms with Crippen LogP contribution in [0, 0.1) is 6.57 Å². The van der Waals surface area contributed by atoms with E-state index in [1.807, 2.05) is 89.6 Å². The molecule has 8 nitrogen and oxygen atoms in total. The number of carbonyl (C=O) groups is 1. The number of hydrogen-bond acceptors (Lipinski definition) is 5. The Morgan fingerprint density at radius 3 is 2.45 bits per heavy atom. The van der Waals surface area contributed by atoms with Crippen LogP contribution in [0.25, 0.3) is 38.8 Å². The summed E-state index contributed by atoms with van der Waals surface area (Å²) in [5.74, 6) is 1.50. The fraction of sp³-hybridized carbons (Fsp3) is 0.0667. The van der Waals surface area contributed by atoms with Crippen molar-refractivity contribution in [3.63, 3.8) is 0 Å². The van der Waals surface area contributed by atoms with Gasteiger partial charge in [-0.25, -0.2) is 14.8 Å². The van der Waals surface area contributed by atoms with Crippen LogP contribution in [0.5, 0.6) is 11.5 Å². The number of fused-ring (bicyclic) bond motifs is 1. The molecular weight excluding hydrogens is 476 g/mol. The predicted molar refractivity (Wildman–Crippen MR) is 149 cm³/mol. The minimum absolute atomic E-state index is 0.0367. The Hall–Kier alpha value is -5.42. The molecule has 2 heterocycles. The van der Waals surface area contributed by atoms with Crippen LogP contribution in [0.15, 0.2) is 97.1 Å². The average Bonchev–Trinajstić information content (AvgIpc) is 3.33. The van der Waals surface area contributed by atoms with Crippen molar-refractivity contribution in [2.45, 2.75) is 0 Å². The van der Waals surface area contributed by atoms with Crippen LogP contribution in [0.3, 0.4) is 0 Å². The first kappa shape index (κ1) is 24.3. The largest absolute Gasteiger partial charge is 0.457 e. The maximum Gasteiger partial charge on any atom is 0.252 e. The van der Waals surface area contributed by atoms with Gasteiger partial charge in [-0.1, -0.05) is 42.5 Å². The number of rotatable bonds is 6. The minimum atomic E-state index is -0.348. The van der Waals surface area contributed by atoms with Crippen molar-refractivity contribution in [3.8, 4) is 28.3 Å². The van der Waals surface area contributed by atoms with E-state index in [0.29, 0.717) is 11.5 Å². The topological polar surface area (TPSA) is 90.6 Å². The molecule has 8 heteroatoms. The zero-order valence-electron chi connectivity index (χ0n) is 20.9. The van der Waals surface area contributed by atoms with Crippen LogP contribution in [-0.4, -0.2) is 39.4 Å². The van der Waals surface area contributed by atoms with Crippen molar-refractivity contribution in [2.75, 3.05) is 19.8 Å². The second kappa shape index (κ2) is 10.3. The zero-order valence-corrected chi connectivity index (χ0v) is 20.9. The molecule has 0 aliphatic heterocycles. The van der Waals surface area contributed by atoms with Gasteiger partial charge in [-0.15, -0.1) is 0 Å². The summed E-state index contributed by atoms with van der Waals surface area (Å²) in [6, 6.07) is 24.9. The molecule has 186 valence electrons. The van der Waals surface area contributed by atoms with Gasteiger partial charge in [0.25, 0.3) is 11.6 Å². The summed E-state index contributed by atoms with van der Waals surface area (Å²) in [5.41, 5.74) is 10.3. The highest BCUT2D eigenvalue weighted by molar-refractivity contribution is 6.02. The monoisotopic (exact) mass is 500 g/mol. The summed E-state index contributed by atoms with van der Waals surface area (Å²) >= 11 is 0. The molecule has 3 aromatic carbocycles. The predicted octanol–water partition coefficient (Wildman–Crippen LogP) is 5.81. The van der Waals surface area contributed by atoms with Gasteiger partial charge in [0.15, 0.2) is 5.65 Å². The number of aromatic nitrogens is 3. The molecule has 0 atom stereocenters. The molecule has 0 unspecified atom stereocenters. The molecule has 0 aliphatic carbocycles. The third-order valence-electron chi connectivity index (χ3n) is 5.95. The Bertz CT molecular complexity index is 1700. The number of nitrogens with zero attached hydrogens (tertiary/aromatic N) is 5. The number of carbonyl (C=O) groups excluding carboxylic acids is 1. The molecule has 2 N–H and O–H groups in total. The van der Waals surface area contributed by atoms with E-state index < -0.39 is 0 Å². The van der Waals surface area contributed by atoms with Crippen LogP contribution in [0.2, 0.25) is 0 Å². The maximum absolute atomic E-state index is 12.3. The van der Waals surface area contributed by atoms with Crippen LogP contribution in [-0.2, 0) is 4.79 Å². The fourth-order valence-electron chi connectivity index (χ4n) is 4.12. The van der Waals surface area contributed by atoms with Crippen molar-refractivity contribution < 1.29 is 9.53 Å². The number of nitrogens with two attached hydrogens (primary N) is 1. The first-order valence-electron chi connectivity index (χ1n) is 11.8. The number of nitrogen functional groups attached to an aromatic ring is 1. The lowest BCUT2D eigenvalue weighted by Gasteiger charge is -2.09. The lowest BCUT2D eigenvalue weighted by molar-refractivity contribution is -0.124. The highest BCUT2D eigenvalue weighted by atomic mass is 16.5. The number of benzene rings is 3. The molecule has 0 bridgehead atoms. The molecule has 2 aromatic heterocycles. The van der Waals surface area contributed by atoms with E-state index in [9.17, 15) is 4.79 Å². The smallest absolute Gasteiger partial charge is 0.252 e. The number of anilines is 1. The second-order valence-electron chi connectivity index (χ2n) is 8.75. The lowest BCUT2D eigenvalue weighted by Crippen LogP contribution is -2.22. The minimum Gasteiger partial charge on any atom is -0.457 e. The van der Waals surface area contributed by atoms with Crippen molar-refractivity contribution in [1.82, 2.24) is 19.4 Å². The number of hydrogen-bond donors (Lipinski definition) is 1. The van der Waals surface area contributed by atoms with Crippen LogP contribution < -0.4 is 10.5 Å². The van der Waals surface area contributed by atoms with E-state index in [1.54, 1.807) is 20.2 Å². The van der Waals surface area contributed by atoms with E-state index in [-0.39, 0.29) is 11.6 Å². The standard InChI is InChI=1S/C30H24N6O2/c1-32-26(30(37)35(2)3)17-20-8-7-9-22(16-20)36-18-25(27-28(31)33-19-34-29(27)36)21-12-14-24(15-13-21)38-23-10-5-4-6-11-23/h4-19H,2-3H3,(H2,31,33,34)/b26-17-. The Morgan fingerprint density at radius 2 is 1.74 bits per heavy atom.